The normalized spacial score (nSPS) is 11.6. The third kappa shape index (κ3) is 5.03. The minimum atomic E-state index is -0.607. The number of hydrogen-bond donors (Lipinski definition) is 2. The van der Waals surface area contributed by atoms with E-state index in [9.17, 15) is 14.7 Å². The van der Waals surface area contributed by atoms with Gasteiger partial charge in [-0.3, -0.25) is 9.59 Å². The van der Waals surface area contributed by atoms with Crippen LogP contribution in [0.3, 0.4) is 0 Å². The van der Waals surface area contributed by atoms with Crippen molar-refractivity contribution in [3.63, 3.8) is 0 Å². The van der Waals surface area contributed by atoms with E-state index >= 15 is 0 Å². The first kappa shape index (κ1) is 21.0. The monoisotopic (exact) mass is 403 g/mol. The average molecular weight is 403 g/mol. The SMILES string of the molecule is CC(C)(C)c1ccc(Cn2cccc(C(=O)N/N=C\c3ccccc3O)c2=O)cc1. The zero-order valence-electron chi connectivity index (χ0n) is 17.3. The molecule has 0 saturated carbocycles. The molecule has 1 aromatic heterocycles. The van der Waals surface area contributed by atoms with Crippen molar-refractivity contribution in [1.82, 2.24) is 9.99 Å². The number of carbonyl (C=O) groups is 1. The zero-order chi connectivity index (χ0) is 21.7. The molecule has 1 amide bonds. The Morgan fingerprint density at radius 3 is 2.43 bits per heavy atom. The van der Waals surface area contributed by atoms with Crippen molar-refractivity contribution in [2.45, 2.75) is 32.7 Å². The molecule has 0 aliphatic heterocycles. The van der Waals surface area contributed by atoms with Gasteiger partial charge in [0.15, 0.2) is 0 Å². The molecule has 6 heteroatoms. The second kappa shape index (κ2) is 8.78. The number of carbonyl (C=O) groups excluding carboxylic acids is 1. The summed E-state index contributed by atoms with van der Waals surface area (Å²) in [6.45, 7) is 6.81. The van der Waals surface area contributed by atoms with Gasteiger partial charge >= 0.3 is 0 Å². The number of hydrazone groups is 1. The molecule has 154 valence electrons. The Labute approximate surface area is 175 Å². The molecule has 0 bridgehead atoms. The van der Waals surface area contributed by atoms with E-state index in [1.807, 2.05) is 12.1 Å². The molecule has 3 rings (SSSR count). The van der Waals surface area contributed by atoms with E-state index in [2.05, 4.69) is 43.4 Å². The lowest BCUT2D eigenvalue weighted by molar-refractivity contribution is 0.0953. The molecular formula is C24H25N3O3. The highest BCUT2D eigenvalue weighted by molar-refractivity contribution is 5.94. The molecule has 0 radical (unpaired) electrons. The fourth-order valence-corrected chi connectivity index (χ4v) is 2.96. The molecule has 0 atom stereocenters. The number of rotatable bonds is 5. The van der Waals surface area contributed by atoms with E-state index in [0.29, 0.717) is 12.1 Å². The van der Waals surface area contributed by atoms with Crippen molar-refractivity contribution >= 4 is 12.1 Å². The second-order valence-electron chi connectivity index (χ2n) is 8.06. The van der Waals surface area contributed by atoms with Crippen LogP contribution in [0.15, 0.2) is 76.8 Å². The van der Waals surface area contributed by atoms with E-state index in [4.69, 9.17) is 0 Å². The molecule has 1 heterocycles. The number of para-hydroxylation sites is 1. The molecule has 3 aromatic rings. The topological polar surface area (TPSA) is 83.7 Å². The van der Waals surface area contributed by atoms with Crippen LogP contribution in [0.2, 0.25) is 0 Å². The van der Waals surface area contributed by atoms with Crippen LogP contribution in [0.1, 0.15) is 47.8 Å². The number of aromatic nitrogens is 1. The first-order chi connectivity index (χ1) is 14.3. The summed E-state index contributed by atoms with van der Waals surface area (Å²) in [7, 11) is 0. The van der Waals surface area contributed by atoms with Crippen LogP contribution in [0.5, 0.6) is 5.75 Å². The van der Waals surface area contributed by atoms with Gasteiger partial charge in [-0.2, -0.15) is 5.10 Å². The van der Waals surface area contributed by atoms with E-state index < -0.39 is 11.5 Å². The predicted molar refractivity (Wildman–Crippen MR) is 118 cm³/mol. The maximum absolute atomic E-state index is 12.7. The number of nitrogens with zero attached hydrogens (tertiary/aromatic N) is 2. The van der Waals surface area contributed by atoms with Gasteiger partial charge in [-0.1, -0.05) is 57.2 Å². The predicted octanol–water partition coefficient (Wildman–Crippen LogP) is 3.66. The summed E-state index contributed by atoms with van der Waals surface area (Å²) in [5.74, 6) is -0.556. The minimum absolute atomic E-state index is 0.00162. The number of amides is 1. The lowest BCUT2D eigenvalue weighted by atomic mass is 9.87. The Bertz CT molecular complexity index is 1120. The second-order valence-corrected chi connectivity index (χ2v) is 8.06. The third-order valence-electron chi connectivity index (χ3n) is 4.74. The van der Waals surface area contributed by atoms with E-state index in [1.54, 1.807) is 30.5 Å². The summed E-state index contributed by atoms with van der Waals surface area (Å²) in [6, 6.07) is 17.8. The largest absolute Gasteiger partial charge is 0.507 e. The molecule has 30 heavy (non-hydrogen) atoms. The molecule has 0 saturated heterocycles. The Morgan fingerprint density at radius 1 is 1.07 bits per heavy atom. The van der Waals surface area contributed by atoms with Crippen LogP contribution in [0, 0.1) is 0 Å². The molecule has 0 aliphatic rings. The van der Waals surface area contributed by atoms with Crippen molar-refractivity contribution in [3.8, 4) is 5.75 Å². The van der Waals surface area contributed by atoms with Gasteiger partial charge in [-0.25, -0.2) is 5.43 Å². The fraction of sp³-hybridized carbons (Fsp3) is 0.208. The van der Waals surface area contributed by atoms with Gasteiger partial charge in [0.2, 0.25) is 0 Å². The first-order valence-corrected chi connectivity index (χ1v) is 9.66. The molecule has 0 fully saturated rings. The van der Waals surface area contributed by atoms with Crippen LogP contribution < -0.4 is 11.0 Å². The van der Waals surface area contributed by atoms with Gasteiger partial charge < -0.3 is 9.67 Å². The smallest absolute Gasteiger partial charge is 0.276 e. The quantitative estimate of drug-likeness (QED) is 0.504. The average Bonchev–Trinajstić information content (AvgIpc) is 2.70. The zero-order valence-corrected chi connectivity index (χ0v) is 17.3. The van der Waals surface area contributed by atoms with Crippen LogP contribution in [-0.2, 0) is 12.0 Å². The summed E-state index contributed by atoms with van der Waals surface area (Å²) < 4.78 is 1.49. The van der Waals surface area contributed by atoms with Crippen molar-refractivity contribution in [2.24, 2.45) is 5.10 Å². The van der Waals surface area contributed by atoms with E-state index in [0.717, 1.165) is 5.56 Å². The van der Waals surface area contributed by atoms with Crippen LogP contribution in [-0.4, -0.2) is 21.8 Å². The highest BCUT2D eigenvalue weighted by atomic mass is 16.3. The summed E-state index contributed by atoms with van der Waals surface area (Å²) in [5, 5.41) is 13.6. The van der Waals surface area contributed by atoms with Crippen molar-refractivity contribution < 1.29 is 9.90 Å². The minimum Gasteiger partial charge on any atom is -0.507 e. The lowest BCUT2D eigenvalue weighted by Gasteiger charge is -2.19. The molecule has 0 spiro atoms. The fourth-order valence-electron chi connectivity index (χ4n) is 2.96. The molecule has 0 aliphatic carbocycles. The van der Waals surface area contributed by atoms with Gasteiger partial charge in [0, 0.05) is 11.8 Å². The molecule has 0 unspecified atom stereocenters. The maximum Gasteiger partial charge on any atom is 0.276 e. The highest BCUT2D eigenvalue weighted by Gasteiger charge is 2.14. The van der Waals surface area contributed by atoms with Crippen molar-refractivity contribution in [3.05, 3.63) is 99.5 Å². The first-order valence-electron chi connectivity index (χ1n) is 9.66. The summed E-state index contributed by atoms with van der Waals surface area (Å²) in [6.07, 6.45) is 2.98. The number of hydrogen-bond acceptors (Lipinski definition) is 4. The number of phenolic OH excluding ortho intramolecular Hbond substituents is 1. The summed E-state index contributed by atoms with van der Waals surface area (Å²) in [4.78, 5) is 25.1. The van der Waals surface area contributed by atoms with Gasteiger partial charge in [-0.05, 0) is 40.8 Å². The lowest BCUT2D eigenvalue weighted by Crippen LogP contribution is -2.30. The van der Waals surface area contributed by atoms with Crippen LogP contribution >= 0.6 is 0 Å². The third-order valence-corrected chi connectivity index (χ3v) is 4.74. The number of aromatic hydroxyl groups is 1. The number of benzene rings is 2. The van der Waals surface area contributed by atoms with Crippen molar-refractivity contribution in [2.75, 3.05) is 0 Å². The van der Waals surface area contributed by atoms with Gasteiger partial charge in [-0.15, -0.1) is 0 Å². The van der Waals surface area contributed by atoms with Crippen molar-refractivity contribution in [1.29, 1.82) is 0 Å². The standard InChI is InChI=1S/C24H25N3O3/c1-24(2,3)19-12-10-17(11-13-19)16-27-14-6-8-20(23(27)30)22(29)26-25-15-18-7-4-5-9-21(18)28/h4-15,28H,16H2,1-3H3,(H,26,29)/b25-15-. The summed E-state index contributed by atoms with van der Waals surface area (Å²) >= 11 is 0. The van der Waals surface area contributed by atoms with Crippen LogP contribution in [0.4, 0.5) is 0 Å². The molecule has 2 aromatic carbocycles. The van der Waals surface area contributed by atoms with E-state index in [-0.39, 0.29) is 16.7 Å². The Balaban J connectivity index is 1.73. The van der Waals surface area contributed by atoms with Gasteiger partial charge in [0.1, 0.15) is 11.3 Å². The Kier molecular flexibility index (Phi) is 6.16. The Morgan fingerprint density at radius 2 is 1.77 bits per heavy atom. The number of phenols is 1. The molecule has 2 N–H and O–H groups in total. The van der Waals surface area contributed by atoms with Gasteiger partial charge in [0.25, 0.3) is 11.5 Å². The molecule has 6 nitrogen and oxygen atoms in total. The molecular weight excluding hydrogens is 378 g/mol. The van der Waals surface area contributed by atoms with Crippen LogP contribution in [0.25, 0.3) is 0 Å². The Hall–Kier alpha value is -3.67. The number of nitrogens with one attached hydrogen (secondary N) is 1. The maximum atomic E-state index is 12.7. The highest BCUT2D eigenvalue weighted by Crippen LogP contribution is 2.22. The van der Waals surface area contributed by atoms with E-state index in [1.165, 1.54) is 28.5 Å². The van der Waals surface area contributed by atoms with Gasteiger partial charge in [0.05, 0.1) is 12.8 Å². The number of pyridine rings is 1. The summed E-state index contributed by atoms with van der Waals surface area (Å²) in [5.41, 5.74) is 4.65.